The Morgan fingerprint density at radius 1 is 1.00 bits per heavy atom. The predicted octanol–water partition coefficient (Wildman–Crippen LogP) is 0.842. The van der Waals surface area contributed by atoms with Crippen LogP contribution in [0.15, 0.2) is 54.6 Å². The Bertz CT molecular complexity index is 1090. The number of anilines is 1. The molecule has 2 unspecified atom stereocenters. The molecular formula is C24H26N4O5S. The highest BCUT2D eigenvalue weighted by atomic mass is 32.1. The molecule has 0 aliphatic carbocycles. The predicted molar refractivity (Wildman–Crippen MR) is 129 cm³/mol. The minimum atomic E-state index is -0.702. The first-order valence-electron chi connectivity index (χ1n) is 10.8. The fraction of sp³-hybridized carbons (Fsp3) is 0.292. The van der Waals surface area contributed by atoms with Gasteiger partial charge in [0.1, 0.15) is 0 Å². The Morgan fingerprint density at radius 2 is 1.71 bits per heavy atom. The summed E-state index contributed by atoms with van der Waals surface area (Å²) in [5.74, 6) is -2.25. The van der Waals surface area contributed by atoms with Gasteiger partial charge in [-0.05, 0) is 37.1 Å². The fourth-order valence-electron chi connectivity index (χ4n) is 3.52. The van der Waals surface area contributed by atoms with Crippen molar-refractivity contribution in [1.29, 1.82) is 0 Å². The highest BCUT2D eigenvalue weighted by Gasteiger charge is 2.37. The van der Waals surface area contributed by atoms with Gasteiger partial charge in [0.25, 0.3) is 5.91 Å². The molecule has 1 aliphatic rings. The zero-order valence-electron chi connectivity index (χ0n) is 18.6. The van der Waals surface area contributed by atoms with Crippen LogP contribution in [0.3, 0.4) is 0 Å². The van der Waals surface area contributed by atoms with Crippen LogP contribution in [0.1, 0.15) is 29.3 Å². The monoisotopic (exact) mass is 482 g/mol. The molecule has 1 aliphatic heterocycles. The second-order valence-electron chi connectivity index (χ2n) is 7.96. The number of benzene rings is 2. The molecule has 1 saturated heterocycles. The van der Waals surface area contributed by atoms with Crippen LogP contribution in [-0.2, 0) is 25.6 Å². The van der Waals surface area contributed by atoms with Crippen molar-refractivity contribution in [3.05, 3.63) is 65.7 Å². The molecule has 10 heteroatoms. The average Bonchev–Trinajstić information content (AvgIpc) is 3.07. The number of thiol groups is 1. The van der Waals surface area contributed by atoms with Crippen LogP contribution < -0.4 is 20.9 Å². The topological polar surface area (TPSA) is 125 Å². The quantitative estimate of drug-likeness (QED) is 0.312. The highest BCUT2D eigenvalue weighted by molar-refractivity contribution is 7.82. The Morgan fingerprint density at radius 3 is 2.38 bits per heavy atom. The molecule has 1 fully saturated rings. The molecule has 2 atom stereocenters. The number of carbonyl (C=O) groups is 5. The zero-order chi connectivity index (χ0) is 24.7. The van der Waals surface area contributed by atoms with E-state index in [0.29, 0.717) is 6.42 Å². The summed E-state index contributed by atoms with van der Waals surface area (Å²) in [7, 11) is 0. The average molecular weight is 483 g/mol. The summed E-state index contributed by atoms with van der Waals surface area (Å²) in [5, 5.41) is 7.03. The summed E-state index contributed by atoms with van der Waals surface area (Å²) in [5.41, 5.74) is 1.54. The molecular weight excluding hydrogens is 456 g/mol. The molecule has 1 heterocycles. The summed E-state index contributed by atoms with van der Waals surface area (Å²) in [4.78, 5) is 61.7. The molecule has 3 N–H and O–H groups in total. The number of nitrogens with one attached hydrogen (secondary N) is 3. The van der Waals surface area contributed by atoms with Gasteiger partial charge in [0.15, 0.2) is 0 Å². The molecule has 9 nitrogen and oxygen atoms in total. The number of amides is 5. The third-order valence-corrected chi connectivity index (χ3v) is 5.54. The molecule has 5 amide bonds. The molecule has 0 aromatic heterocycles. The summed E-state index contributed by atoms with van der Waals surface area (Å²) in [6, 6.07) is 15.6. The van der Waals surface area contributed by atoms with Crippen molar-refractivity contribution in [2.45, 2.75) is 31.1 Å². The van der Waals surface area contributed by atoms with E-state index in [1.165, 1.54) is 18.2 Å². The maximum absolute atomic E-state index is 12.4. The van der Waals surface area contributed by atoms with E-state index in [4.69, 9.17) is 0 Å². The van der Waals surface area contributed by atoms with E-state index < -0.39 is 28.9 Å². The van der Waals surface area contributed by atoms with E-state index in [0.717, 1.165) is 10.5 Å². The van der Waals surface area contributed by atoms with Crippen LogP contribution in [0.5, 0.6) is 0 Å². The third-order valence-electron chi connectivity index (χ3n) is 5.14. The van der Waals surface area contributed by atoms with Crippen molar-refractivity contribution in [1.82, 2.24) is 16.0 Å². The van der Waals surface area contributed by atoms with Gasteiger partial charge in [0, 0.05) is 18.0 Å². The Balaban J connectivity index is 1.43. The molecule has 178 valence electrons. The van der Waals surface area contributed by atoms with Gasteiger partial charge >= 0.3 is 0 Å². The van der Waals surface area contributed by atoms with E-state index in [9.17, 15) is 24.0 Å². The van der Waals surface area contributed by atoms with Crippen molar-refractivity contribution in [2.75, 3.05) is 18.0 Å². The van der Waals surface area contributed by atoms with Gasteiger partial charge in [-0.3, -0.25) is 24.0 Å². The van der Waals surface area contributed by atoms with Crippen LogP contribution in [0.4, 0.5) is 5.69 Å². The molecule has 2 aromatic rings. The van der Waals surface area contributed by atoms with Gasteiger partial charge in [-0.2, -0.15) is 12.6 Å². The minimum Gasteiger partial charge on any atom is -0.352 e. The zero-order valence-corrected chi connectivity index (χ0v) is 19.5. The first-order chi connectivity index (χ1) is 16.2. The number of hydrogen-bond acceptors (Lipinski definition) is 6. The first-order valence-corrected chi connectivity index (χ1v) is 11.3. The largest absolute Gasteiger partial charge is 0.352 e. The first kappa shape index (κ1) is 25.0. The summed E-state index contributed by atoms with van der Waals surface area (Å²) in [6.45, 7) is 1.32. The van der Waals surface area contributed by atoms with Crippen LogP contribution >= 0.6 is 12.6 Å². The maximum atomic E-state index is 12.4. The summed E-state index contributed by atoms with van der Waals surface area (Å²) >= 11 is 4.09. The van der Waals surface area contributed by atoms with Gasteiger partial charge in [0.2, 0.25) is 23.6 Å². The number of nitrogens with zero attached hydrogens (tertiary/aromatic N) is 1. The molecule has 0 radical (unpaired) electrons. The van der Waals surface area contributed by atoms with Gasteiger partial charge < -0.3 is 16.0 Å². The lowest BCUT2D eigenvalue weighted by molar-refractivity contribution is -0.125. The Labute approximate surface area is 202 Å². The lowest BCUT2D eigenvalue weighted by atomic mass is 10.1. The van der Waals surface area contributed by atoms with Crippen LogP contribution in [-0.4, -0.2) is 53.9 Å². The van der Waals surface area contributed by atoms with E-state index in [-0.39, 0.29) is 42.7 Å². The Kier molecular flexibility index (Phi) is 8.42. The van der Waals surface area contributed by atoms with E-state index >= 15 is 0 Å². The third kappa shape index (κ3) is 6.67. The van der Waals surface area contributed by atoms with Crippen LogP contribution in [0.25, 0.3) is 0 Å². The van der Waals surface area contributed by atoms with Crippen LogP contribution in [0.2, 0.25) is 0 Å². The van der Waals surface area contributed by atoms with E-state index in [1.807, 2.05) is 37.3 Å². The Hall–Kier alpha value is -3.66. The second-order valence-corrected chi connectivity index (χ2v) is 8.58. The van der Waals surface area contributed by atoms with Gasteiger partial charge in [-0.25, -0.2) is 4.90 Å². The number of imide groups is 1. The van der Waals surface area contributed by atoms with Crippen molar-refractivity contribution in [3.63, 3.8) is 0 Å². The lowest BCUT2D eigenvalue weighted by Crippen LogP contribution is -2.44. The molecule has 34 heavy (non-hydrogen) atoms. The normalized spacial score (nSPS) is 16.2. The number of hydrogen-bond donors (Lipinski definition) is 4. The number of carbonyl (C=O) groups excluding carboxylic acids is 5. The fourth-order valence-corrected chi connectivity index (χ4v) is 3.79. The maximum Gasteiger partial charge on any atom is 0.251 e. The van der Waals surface area contributed by atoms with Gasteiger partial charge in [-0.15, -0.1) is 0 Å². The second kappa shape index (κ2) is 11.5. The lowest BCUT2D eigenvalue weighted by Gasteiger charge is -2.15. The standard InChI is InChI=1S/C24H26N4O5S/c1-15(10-16-6-3-2-4-7-16)27-21(30)14-25-20(29)13-26-23(32)17-8-5-9-18(11-17)28-22(31)12-19(34)24(28)33/h2-9,11,15,19,34H,10,12-14H2,1H3,(H,25,29)(H,26,32)(H,27,30). The molecule has 0 spiro atoms. The van der Waals surface area contributed by atoms with Crippen LogP contribution in [0, 0.1) is 0 Å². The highest BCUT2D eigenvalue weighted by Crippen LogP contribution is 2.26. The van der Waals surface area contributed by atoms with Gasteiger partial charge in [0.05, 0.1) is 24.0 Å². The minimum absolute atomic E-state index is 0.00283. The molecule has 3 rings (SSSR count). The van der Waals surface area contributed by atoms with Crippen molar-refractivity contribution < 1.29 is 24.0 Å². The van der Waals surface area contributed by atoms with E-state index in [1.54, 1.807) is 6.07 Å². The summed E-state index contributed by atoms with van der Waals surface area (Å²) < 4.78 is 0. The SMILES string of the molecule is CC(Cc1ccccc1)NC(=O)CNC(=O)CNC(=O)c1cccc(N2C(=O)CC(S)C2=O)c1. The molecule has 0 saturated carbocycles. The van der Waals surface area contributed by atoms with Gasteiger partial charge in [-0.1, -0.05) is 36.4 Å². The van der Waals surface area contributed by atoms with Crippen molar-refractivity contribution >= 4 is 47.9 Å². The molecule has 0 bridgehead atoms. The number of rotatable bonds is 9. The summed E-state index contributed by atoms with van der Waals surface area (Å²) in [6.07, 6.45) is 0.663. The molecule has 2 aromatic carbocycles. The van der Waals surface area contributed by atoms with Crippen molar-refractivity contribution in [2.24, 2.45) is 0 Å². The smallest absolute Gasteiger partial charge is 0.251 e. The van der Waals surface area contributed by atoms with E-state index in [2.05, 4.69) is 28.6 Å². The van der Waals surface area contributed by atoms with Crippen molar-refractivity contribution in [3.8, 4) is 0 Å².